The van der Waals surface area contributed by atoms with Crippen LogP contribution in [0.4, 0.5) is 4.79 Å². The number of nitrogens with one attached hydrogen (secondary N) is 2. The molecule has 134 valence electrons. The van der Waals surface area contributed by atoms with Crippen LogP contribution in [-0.2, 0) is 18.4 Å². The quantitative estimate of drug-likeness (QED) is 0.846. The number of benzene rings is 1. The lowest BCUT2D eigenvalue weighted by molar-refractivity contribution is 0.240. The van der Waals surface area contributed by atoms with Crippen molar-refractivity contribution in [1.29, 1.82) is 0 Å². The van der Waals surface area contributed by atoms with E-state index in [1.165, 1.54) is 11.1 Å². The van der Waals surface area contributed by atoms with Gasteiger partial charge in [0.2, 0.25) is 5.88 Å². The predicted molar refractivity (Wildman–Crippen MR) is 99.9 cm³/mol. The smallest absolute Gasteiger partial charge is 0.315 e. The van der Waals surface area contributed by atoms with E-state index in [1.807, 2.05) is 6.07 Å². The van der Waals surface area contributed by atoms with Gasteiger partial charge in [-0.3, -0.25) is 0 Å². The van der Waals surface area contributed by atoms with Crippen molar-refractivity contribution in [3.05, 3.63) is 59.3 Å². The highest BCUT2D eigenvalue weighted by atomic mass is 16.5. The summed E-state index contributed by atoms with van der Waals surface area (Å²) in [5, 5.41) is 5.69. The van der Waals surface area contributed by atoms with Gasteiger partial charge < -0.3 is 15.4 Å². The molecule has 0 atom stereocenters. The van der Waals surface area contributed by atoms with Crippen LogP contribution in [0.1, 0.15) is 37.5 Å². The molecular formula is C20H27N3O2. The zero-order chi connectivity index (χ0) is 18.3. The van der Waals surface area contributed by atoms with Crippen molar-refractivity contribution < 1.29 is 9.53 Å². The van der Waals surface area contributed by atoms with E-state index in [0.29, 0.717) is 19.0 Å². The number of rotatable bonds is 6. The second-order valence-corrected chi connectivity index (χ2v) is 7.02. The highest BCUT2D eigenvalue weighted by Gasteiger charge is 2.12. The number of nitrogens with zero attached hydrogens (tertiary/aromatic N) is 1. The van der Waals surface area contributed by atoms with Crippen molar-refractivity contribution in [2.75, 3.05) is 13.7 Å². The normalized spacial score (nSPS) is 11.0. The van der Waals surface area contributed by atoms with Gasteiger partial charge in [-0.25, -0.2) is 9.78 Å². The van der Waals surface area contributed by atoms with Crippen LogP contribution < -0.4 is 15.4 Å². The largest absolute Gasteiger partial charge is 0.481 e. The number of pyridine rings is 1. The van der Waals surface area contributed by atoms with Crippen molar-refractivity contribution in [2.45, 2.75) is 39.2 Å². The first kappa shape index (κ1) is 18.8. The molecule has 0 unspecified atom stereocenters. The molecule has 0 fully saturated rings. The minimum atomic E-state index is -0.179. The van der Waals surface area contributed by atoms with E-state index < -0.39 is 0 Å². The van der Waals surface area contributed by atoms with E-state index in [4.69, 9.17) is 4.74 Å². The molecule has 2 amide bonds. The van der Waals surface area contributed by atoms with Gasteiger partial charge in [-0.15, -0.1) is 0 Å². The number of amides is 2. The standard InChI is InChI=1S/C20H27N3O2/c1-20(2,3)17-8-5-15(6-9-17)11-12-21-19(24)23-14-16-7-10-18(25-4)22-13-16/h5-10,13H,11-12,14H2,1-4H3,(H2,21,23,24). The number of aromatic nitrogens is 1. The van der Waals surface area contributed by atoms with Crippen LogP contribution in [0.25, 0.3) is 0 Å². The van der Waals surface area contributed by atoms with Crippen molar-refractivity contribution >= 4 is 6.03 Å². The molecule has 2 N–H and O–H groups in total. The molecule has 1 aromatic heterocycles. The van der Waals surface area contributed by atoms with Gasteiger partial charge in [-0.1, -0.05) is 51.1 Å². The van der Waals surface area contributed by atoms with Gasteiger partial charge in [-0.05, 0) is 28.5 Å². The van der Waals surface area contributed by atoms with Crippen LogP contribution >= 0.6 is 0 Å². The highest BCUT2D eigenvalue weighted by molar-refractivity contribution is 5.73. The molecule has 0 aliphatic heterocycles. The monoisotopic (exact) mass is 341 g/mol. The molecule has 0 bridgehead atoms. The Morgan fingerprint density at radius 1 is 1.04 bits per heavy atom. The Labute approximate surface area is 149 Å². The summed E-state index contributed by atoms with van der Waals surface area (Å²) in [6.07, 6.45) is 2.50. The SMILES string of the molecule is COc1ccc(CNC(=O)NCCc2ccc(C(C)(C)C)cc2)cn1. The second kappa shape index (κ2) is 8.51. The topological polar surface area (TPSA) is 63.2 Å². The zero-order valence-corrected chi connectivity index (χ0v) is 15.4. The number of hydrogen-bond acceptors (Lipinski definition) is 3. The van der Waals surface area contributed by atoms with E-state index in [0.717, 1.165) is 12.0 Å². The summed E-state index contributed by atoms with van der Waals surface area (Å²) in [7, 11) is 1.57. The minimum absolute atomic E-state index is 0.160. The van der Waals surface area contributed by atoms with Gasteiger partial charge in [-0.2, -0.15) is 0 Å². The Hall–Kier alpha value is -2.56. The number of methoxy groups -OCH3 is 1. The molecular weight excluding hydrogens is 314 g/mol. The summed E-state index contributed by atoms with van der Waals surface area (Å²) in [6.45, 7) is 7.63. The second-order valence-electron chi connectivity index (χ2n) is 7.02. The molecule has 0 radical (unpaired) electrons. The van der Waals surface area contributed by atoms with Crippen LogP contribution in [-0.4, -0.2) is 24.7 Å². The Morgan fingerprint density at radius 3 is 2.28 bits per heavy atom. The van der Waals surface area contributed by atoms with E-state index in [1.54, 1.807) is 19.4 Å². The number of carbonyl (C=O) groups excluding carboxylic acids is 1. The van der Waals surface area contributed by atoms with Gasteiger partial charge in [0.25, 0.3) is 0 Å². The number of ether oxygens (including phenoxy) is 1. The third-order valence-electron chi connectivity index (χ3n) is 3.98. The summed E-state index contributed by atoms with van der Waals surface area (Å²) in [6, 6.07) is 12.0. The molecule has 5 heteroatoms. The molecule has 0 saturated heterocycles. The Bertz CT molecular complexity index is 674. The number of hydrogen-bond donors (Lipinski definition) is 2. The lowest BCUT2D eigenvalue weighted by atomic mass is 9.86. The molecule has 1 heterocycles. The van der Waals surface area contributed by atoms with Crippen LogP contribution in [0.5, 0.6) is 5.88 Å². The summed E-state index contributed by atoms with van der Waals surface area (Å²) in [5.74, 6) is 0.561. The maximum absolute atomic E-state index is 11.8. The maximum Gasteiger partial charge on any atom is 0.315 e. The van der Waals surface area contributed by atoms with Crippen LogP contribution in [0, 0.1) is 0 Å². The predicted octanol–water partition coefficient (Wildman–Crippen LogP) is 3.43. The molecule has 0 saturated carbocycles. The zero-order valence-electron chi connectivity index (χ0n) is 15.4. The van der Waals surface area contributed by atoms with Crippen molar-refractivity contribution in [3.8, 4) is 5.88 Å². The van der Waals surface area contributed by atoms with Crippen molar-refractivity contribution in [2.24, 2.45) is 0 Å². The average Bonchev–Trinajstić information content (AvgIpc) is 2.60. The fourth-order valence-corrected chi connectivity index (χ4v) is 2.37. The molecule has 2 rings (SSSR count). The Kier molecular flexibility index (Phi) is 6.39. The lowest BCUT2D eigenvalue weighted by Gasteiger charge is -2.19. The van der Waals surface area contributed by atoms with Crippen LogP contribution in [0.2, 0.25) is 0 Å². The van der Waals surface area contributed by atoms with Crippen molar-refractivity contribution in [1.82, 2.24) is 15.6 Å². The van der Waals surface area contributed by atoms with Gasteiger partial charge in [0.15, 0.2) is 0 Å². The van der Waals surface area contributed by atoms with E-state index in [-0.39, 0.29) is 11.4 Å². The van der Waals surface area contributed by atoms with Gasteiger partial charge in [0.1, 0.15) is 0 Å². The fourth-order valence-electron chi connectivity index (χ4n) is 2.37. The third-order valence-corrected chi connectivity index (χ3v) is 3.98. The first-order valence-corrected chi connectivity index (χ1v) is 8.48. The number of carbonyl (C=O) groups is 1. The fraction of sp³-hybridized carbons (Fsp3) is 0.400. The molecule has 1 aromatic carbocycles. The summed E-state index contributed by atoms with van der Waals surface area (Å²) < 4.78 is 5.00. The van der Waals surface area contributed by atoms with Crippen molar-refractivity contribution in [3.63, 3.8) is 0 Å². The summed E-state index contributed by atoms with van der Waals surface area (Å²) in [4.78, 5) is 16.0. The minimum Gasteiger partial charge on any atom is -0.481 e. The summed E-state index contributed by atoms with van der Waals surface area (Å²) >= 11 is 0. The Balaban J connectivity index is 1.71. The average molecular weight is 341 g/mol. The first-order chi connectivity index (χ1) is 11.9. The highest BCUT2D eigenvalue weighted by Crippen LogP contribution is 2.22. The maximum atomic E-state index is 11.8. The molecule has 25 heavy (non-hydrogen) atoms. The van der Waals surface area contributed by atoms with Crippen LogP contribution in [0.3, 0.4) is 0 Å². The lowest BCUT2D eigenvalue weighted by Crippen LogP contribution is -2.36. The molecule has 0 spiro atoms. The van der Waals surface area contributed by atoms with E-state index in [9.17, 15) is 4.79 Å². The van der Waals surface area contributed by atoms with Gasteiger partial charge in [0.05, 0.1) is 7.11 Å². The van der Waals surface area contributed by atoms with Gasteiger partial charge >= 0.3 is 6.03 Å². The van der Waals surface area contributed by atoms with E-state index in [2.05, 4.69) is 60.7 Å². The molecule has 0 aliphatic rings. The number of urea groups is 1. The molecule has 5 nitrogen and oxygen atoms in total. The molecule has 0 aliphatic carbocycles. The van der Waals surface area contributed by atoms with Crippen LogP contribution in [0.15, 0.2) is 42.6 Å². The van der Waals surface area contributed by atoms with E-state index >= 15 is 0 Å². The third kappa shape index (κ3) is 6.10. The van der Waals surface area contributed by atoms with Gasteiger partial charge in [0, 0.05) is 25.4 Å². The summed E-state index contributed by atoms with van der Waals surface area (Å²) in [5.41, 5.74) is 3.61. The Morgan fingerprint density at radius 2 is 1.72 bits per heavy atom. The first-order valence-electron chi connectivity index (χ1n) is 8.48. The molecule has 2 aromatic rings.